The van der Waals surface area contributed by atoms with Gasteiger partial charge in [-0.05, 0) is 24.0 Å². The third kappa shape index (κ3) is 3.46. The van der Waals surface area contributed by atoms with Crippen molar-refractivity contribution in [3.05, 3.63) is 35.4 Å². The average molecular weight is 259 g/mol. The molecule has 100 valence electrons. The van der Waals surface area contributed by atoms with Crippen LogP contribution in [0.3, 0.4) is 0 Å². The maximum atomic E-state index is 12.2. The van der Waals surface area contributed by atoms with Gasteiger partial charge in [0.05, 0.1) is 19.1 Å². The first-order valence-corrected chi connectivity index (χ1v) is 5.97. The Morgan fingerprint density at radius 1 is 1.33 bits per heavy atom. The summed E-state index contributed by atoms with van der Waals surface area (Å²) >= 11 is 0. The van der Waals surface area contributed by atoms with E-state index in [1.807, 2.05) is 24.3 Å². The van der Waals surface area contributed by atoms with Gasteiger partial charge in [0.1, 0.15) is 0 Å². The minimum atomic E-state index is -4.21. The maximum absolute atomic E-state index is 12.2. The van der Waals surface area contributed by atoms with Crippen LogP contribution in [0.2, 0.25) is 0 Å². The second-order valence-electron chi connectivity index (χ2n) is 4.62. The van der Waals surface area contributed by atoms with Crippen molar-refractivity contribution in [3.8, 4) is 0 Å². The van der Waals surface area contributed by atoms with Crippen molar-refractivity contribution in [2.45, 2.75) is 37.6 Å². The van der Waals surface area contributed by atoms with Gasteiger partial charge in [-0.15, -0.1) is 0 Å². The summed E-state index contributed by atoms with van der Waals surface area (Å²) < 4.78 is 42.2. The lowest BCUT2D eigenvalue weighted by atomic mass is 9.93. The van der Waals surface area contributed by atoms with Crippen LogP contribution >= 0.6 is 0 Å². The fourth-order valence-electron chi connectivity index (χ4n) is 2.33. The highest BCUT2D eigenvalue weighted by atomic mass is 19.4. The van der Waals surface area contributed by atoms with Crippen LogP contribution in [-0.2, 0) is 11.2 Å². The monoisotopic (exact) mass is 259 g/mol. The molecule has 2 unspecified atom stereocenters. The lowest BCUT2D eigenvalue weighted by molar-refractivity contribution is -0.140. The molecule has 1 aliphatic heterocycles. The zero-order chi connectivity index (χ0) is 13.2. The van der Waals surface area contributed by atoms with Crippen LogP contribution < -0.4 is 5.73 Å². The summed E-state index contributed by atoms with van der Waals surface area (Å²) in [6, 6.07) is 6.77. The Balaban J connectivity index is 2.03. The van der Waals surface area contributed by atoms with Crippen LogP contribution in [0, 0.1) is 0 Å². The van der Waals surface area contributed by atoms with E-state index in [1.54, 1.807) is 0 Å². The Morgan fingerprint density at radius 2 is 2.06 bits per heavy atom. The Morgan fingerprint density at radius 3 is 2.78 bits per heavy atom. The molecule has 1 aromatic rings. The molecule has 1 aromatic carbocycles. The average Bonchev–Trinajstić information content (AvgIpc) is 2.27. The van der Waals surface area contributed by atoms with Gasteiger partial charge in [0.15, 0.2) is 0 Å². The fraction of sp³-hybridized carbons (Fsp3) is 0.538. The Kier molecular flexibility index (Phi) is 3.92. The van der Waals surface area contributed by atoms with Crippen LogP contribution in [-0.4, -0.2) is 18.8 Å². The zero-order valence-corrected chi connectivity index (χ0v) is 9.91. The van der Waals surface area contributed by atoms with Gasteiger partial charge < -0.3 is 10.5 Å². The molecule has 2 atom stereocenters. The molecule has 2 nitrogen and oxygen atoms in total. The second-order valence-corrected chi connectivity index (χ2v) is 4.62. The van der Waals surface area contributed by atoms with E-state index >= 15 is 0 Å². The highest BCUT2D eigenvalue weighted by molar-refractivity contribution is 5.30. The van der Waals surface area contributed by atoms with Gasteiger partial charge in [-0.1, -0.05) is 24.3 Å². The number of halogens is 3. The molecule has 2 N–H and O–H groups in total. The van der Waals surface area contributed by atoms with Crippen molar-refractivity contribution in [1.29, 1.82) is 0 Å². The predicted octanol–water partition coefficient (Wildman–Crippen LogP) is 2.97. The molecule has 0 spiro atoms. The van der Waals surface area contributed by atoms with Crippen LogP contribution in [0.1, 0.15) is 30.1 Å². The van der Waals surface area contributed by atoms with Gasteiger partial charge >= 0.3 is 6.18 Å². The quantitative estimate of drug-likeness (QED) is 0.905. The van der Waals surface area contributed by atoms with E-state index in [-0.39, 0.29) is 12.5 Å². The number of nitrogens with two attached hydrogens (primary N) is 1. The number of fused-ring (bicyclic) bond motifs is 1. The molecule has 18 heavy (non-hydrogen) atoms. The first-order chi connectivity index (χ1) is 8.46. The lowest BCUT2D eigenvalue weighted by Crippen LogP contribution is -2.31. The Bertz CT molecular complexity index is 405. The van der Waals surface area contributed by atoms with E-state index in [0.717, 1.165) is 17.5 Å². The minimum absolute atomic E-state index is 0.205. The molecule has 0 bridgehead atoms. The second kappa shape index (κ2) is 5.28. The molecule has 0 aliphatic carbocycles. The number of alkyl halides is 3. The first-order valence-electron chi connectivity index (χ1n) is 5.97. The van der Waals surface area contributed by atoms with Crippen LogP contribution in [0.15, 0.2) is 24.3 Å². The number of hydrogen-bond donors (Lipinski definition) is 1. The minimum Gasteiger partial charge on any atom is -0.373 e. The molecule has 0 radical (unpaired) electrons. The predicted molar refractivity (Wildman–Crippen MR) is 62.1 cm³/mol. The summed E-state index contributed by atoms with van der Waals surface area (Å²) in [7, 11) is 0. The van der Waals surface area contributed by atoms with Crippen molar-refractivity contribution >= 4 is 0 Å². The van der Waals surface area contributed by atoms with E-state index < -0.39 is 18.6 Å². The van der Waals surface area contributed by atoms with E-state index in [1.165, 1.54) is 0 Å². The van der Waals surface area contributed by atoms with Gasteiger partial charge in [-0.3, -0.25) is 0 Å². The van der Waals surface area contributed by atoms with E-state index in [4.69, 9.17) is 10.5 Å². The normalized spacial score (nSPS) is 21.4. The van der Waals surface area contributed by atoms with Gasteiger partial charge in [-0.25, -0.2) is 0 Å². The van der Waals surface area contributed by atoms with Gasteiger partial charge in [0.25, 0.3) is 0 Å². The molecule has 2 rings (SSSR count). The van der Waals surface area contributed by atoms with Gasteiger partial charge in [0, 0.05) is 6.04 Å². The zero-order valence-electron chi connectivity index (χ0n) is 9.91. The molecule has 0 amide bonds. The molecule has 0 saturated heterocycles. The Labute approximate surface area is 104 Å². The number of hydrogen-bond acceptors (Lipinski definition) is 2. The molecule has 0 aromatic heterocycles. The number of ether oxygens (including phenoxy) is 1. The standard InChI is InChI=1S/C13H16F3NO/c14-13(15,16)8-10(17)7-12-11-4-2-1-3-9(11)5-6-18-12/h1-4,10,12H,5-8,17H2. The number of benzene rings is 1. The summed E-state index contributed by atoms with van der Waals surface area (Å²) in [5, 5.41) is 0. The topological polar surface area (TPSA) is 35.2 Å². The summed E-state index contributed by atoms with van der Waals surface area (Å²) in [6.07, 6.45) is -4.48. The van der Waals surface area contributed by atoms with Gasteiger partial charge in [0.2, 0.25) is 0 Å². The maximum Gasteiger partial charge on any atom is 0.390 e. The highest BCUT2D eigenvalue weighted by Crippen LogP contribution is 2.32. The Hall–Kier alpha value is -1.07. The first kappa shape index (κ1) is 13.4. The van der Waals surface area contributed by atoms with Crippen molar-refractivity contribution < 1.29 is 17.9 Å². The summed E-state index contributed by atoms with van der Waals surface area (Å²) in [5.74, 6) is 0. The third-order valence-electron chi connectivity index (χ3n) is 3.10. The smallest absolute Gasteiger partial charge is 0.373 e. The highest BCUT2D eigenvalue weighted by Gasteiger charge is 2.32. The summed E-state index contributed by atoms with van der Waals surface area (Å²) in [6.45, 7) is 0.542. The van der Waals surface area contributed by atoms with Crippen molar-refractivity contribution in [1.82, 2.24) is 0 Å². The van der Waals surface area contributed by atoms with Crippen molar-refractivity contribution in [3.63, 3.8) is 0 Å². The molecule has 1 heterocycles. The van der Waals surface area contributed by atoms with E-state index in [2.05, 4.69) is 0 Å². The summed E-state index contributed by atoms with van der Waals surface area (Å²) in [4.78, 5) is 0. The van der Waals surface area contributed by atoms with E-state index in [9.17, 15) is 13.2 Å². The molecule has 5 heteroatoms. The molecule has 0 saturated carbocycles. The molecular formula is C13H16F3NO. The van der Waals surface area contributed by atoms with Crippen molar-refractivity contribution in [2.75, 3.05) is 6.61 Å². The number of rotatable bonds is 3. The van der Waals surface area contributed by atoms with E-state index in [0.29, 0.717) is 6.61 Å². The third-order valence-corrected chi connectivity index (χ3v) is 3.10. The molecular weight excluding hydrogens is 243 g/mol. The lowest BCUT2D eigenvalue weighted by Gasteiger charge is -2.28. The molecule has 0 fully saturated rings. The van der Waals surface area contributed by atoms with Crippen LogP contribution in [0.4, 0.5) is 13.2 Å². The SMILES string of the molecule is NC(CC1OCCc2ccccc21)CC(F)(F)F. The molecule has 1 aliphatic rings. The summed E-state index contributed by atoms with van der Waals surface area (Å²) in [5.41, 5.74) is 7.67. The fourth-order valence-corrected chi connectivity index (χ4v) is 2.33. The van der Waals surface area contributed by atoms with Crippen molar-refractivity contribution in [2.24, 2.45) is 5.73 Å². The van der Waals surface area contributed by atoms with Crippen LogP contribution in [0.25, 0.3) is 0 Å². The largest absolute Gasteiger partial charge is 0.390 e. The van der Waals surface area contributed by atoms with Gasteiger partial charge in [-0.2, -0.15) is 13.2 Å². The van der Waals surface area contributed by atoms with Crippen LogP contribution in [0.5, 0.6) is 0 Å².